The van der Waals surface area contributed by atoms with Crippen molar-refractivity contribution in [1.82, 2.24) is 15.5 Å². The highest BCUT2D eigenvalue weighted by molar-refractivity contribution is 5.73. The Morgan fingerprint density at radius 1 is 1.00 bits per heavy atom. The van der Waals surface area contributed by atoms with Crippen LogP contribution in [0.3, 0.4) is 0 Å². The van der Waals surface area contributed by atoms with Gasteiger partial charge in [0, 0.05) is 50.5 Å². The minimum absolute atomic E-state index is 0.132. The number of hydrogen-bond donors (Lipinski definition) is 2. The molecule has 2 amide bonds. The standard InChI is InChI=1S/C24H34N4O2/c1-20-8-7-10-22(18-20)28-16-14-27(15-17-28)13-6-5-12-25-24(29)26-19-21-9-3-4-11-23(21)30-2/h3-4,7-11,18H,5-6,12-17,19H2,1-2H3,(H2,25,26,29). The Balaban J connectivity index is 1.26. The normalized spacial score (nSPS) is 14.4. The molecule has 6 nitrogen and oxygen atoms in total. The molecule has 2 aromatic carbocycles. The molecule has 0 radical (unpaired) electrons. The number of rotatable bonds is 9. The lowest BCUT2D eigenvalue weighted by atomic mass is 10.2. The van der Waals surface area contributed by atoms with Crippen LogP contribution in [0, 0.1) is 6.92 Å². The molecule has 1 fully saturated rings. The number of ether oxygens (including phenoxy) is 1. The largest absolute Gasteiger partial charge is 0.496 e. The molecule has 0 bridgehead atoms. The van der Waals surface area contributed by atoms with E-state index < -0.39 is 0 Å². The van der Waals surface area contributed by atoms with Gasteiger partial charge in [0.2, 0.25) is 0 Å². The van der Waals surface area contributed by atoms with Crippen LogP contribution in [0.15, 0.2) is 48.5 Å². The summed E-state index contributed by atoms with van der Waals surface area (Å²) in [6.45, 7) is 8.74. The number of methoxy groups -OCH3 is 1. The van der Waals surface area contributed by atoms with Crippen LogP contribution in [-0.4, -0.2) is 57.3 Å². The number of carbonyl (C=O) groups is 1. The van der Waals surface area contributed by atoms with E-state index in [1.165, 1.54) is 11.3 Å². The predicted octanol–water partition coefficient (Wildman–Crippen LogP) is 3.41. The fraction of sp³-hybridized carbons (Fsp3) is 0.458. The quantitative estimate of drug-likeness (QED) is 0.622. The first-order chi connectivity index (χ1) is 14.7. The average molecular weight is 411 g/mol. The number of amides is 2. The van der Waals surface area contributed by atoms with E-state index in [0.29, 0.717) is 13.1 Å². The molecule has 30 heavy (non-hydrogen) atoms. The third kappa shape index (κ3) is 6.66. The third-order valence-electron chi connectivity index (χ3n) is 5.56. The van der Waals surface area contributed by atoms with Gasteiger partial charge in [0.15, 0.2) is 0 Å². The Hall–Kier alpha value is -2.73. The Bertz CT molecular complexity index is 803. The lowest BCUT2D eigenvalue weighted by Gasteiger charge is -2.36. The molecule has 2 aromatic rings. The van der Waals surface area contributed by atoms with Gasteiger partial charge in [0.05, 0.1) is 7.11 Å². The predicted molar refractivity (Wildman–Crippen MR) is 122 cm³/mol. The summed E-state index contributed by atoms with van der Waals surface area (Å²) in [4.78, 5) is 17.0. The molecule has 0 saturated carbocycles. The van der Waals surface area contributed by atoms with Crippen molar-refractivity contribution in [3.8, 4) is 5.75 Å². The van der Waals surface area contributed by atoms with Gasteiger partial charge in [-0.05, 0) is 50.1 Å². The molecule has 1 heterocycles. The van der Waals surface area contributed by atoms with Crippen molar-refractivity contribution in [2.24, 2.45) is 0 Å². The van der Waals surface area contributed by atoms with Crippen LogP contribution >= 0.6 is 0 Å². The van der Waals surface area contributed by atoms with Gasteiger partial charge < -0.3 is 20.3 Å². The summed E-state index contributed by atoms with van der Waals surface area (Å²) in [5.74, 6) is 0.792. The highest BCUT2D eigenvalue weighted by atomic mass is 16.5. The van der Waals surface area contributed by atoms with Crippen molar-refractivity contribution >= 4 is 11.7 Å². The molecule has 0 aromatic heterocycles. The molecule has 162 valence electrons. The van der Waals surface area contributed by atoms with Gasteiger partial charge in [-0.3, -0.25) is 4.90 Å². The number of anilines is 1. The van der Waals surface area contributed by atoms with Crippen LogP contribution in [0.4, 0.5) is 10.5 Å². The molecule has 3 rings (SSSR count). The van der Waals surface area contributed by atoms with Gasteiger partial charge in [-0.15, -0.1) is 0 Å². The summed E-state index contributed by atoms with van der Waals surface area (Å²) in [5.41, 5.74) is 3.62. The molecule has 1 aliphatic rings. The molecule has 1 saturated heterocycles. The number of aryl methyl sites for hydroxylation is 1. The van der Waals surface area contributed by atoms with Crippen LogP contribution in [0.1, 0.15) is 24.0 Å². The lowest BCUT2D eigenvalue weighted by Crippen LogP contribution is -2.46. The topological polar surface area (TPSA) is 56.8 Å². The number of hydrogen-bond acceptors (Lipinski definition) is 4. The zero-order valence-corrected chi connectivity index (χ0v) is 18.2. The Labute approximate surface area is 180 Å². The molecule has 2 N–H and O–H groups in total. The molecule has 0 atom stereocenters. The van der Waals surface area contributed by atoms with Crippen molar-refractivity contribution < 1.29 is 9.53 Å². The van der Waals surface area contributed by atoms with E-state index in [1.807, 2.05) is 24.3 Å². The van der Waals surface area contributed by atoms with Crippen LogP contribution < -0.4 is 20.3 Å². The molecule has 0 spiro atoms. The molecular weight excluding hydrogens is 376 g/mol. The van der Waals surface area contributed by atoms with Crippen molar-refractivity contribution in [3.05, 3.63) is 59.7 Å². The maximum Gasteiger partial charge on any atom is 0.315 e. The number of unbranched alkanes of at least 4 members (excludes halogenated alkanes) is 1. The zero-order valence-electron chi connectivity index (χ0n) is 18.2. The maximum absolute atomic E-state index is 12.0. The Morgan fingerprint density at radius 2 is 1.80 bits per heavy atom. The van der Waals surface area contributed by atoms with Gasteiger partial charge >= 0.3 is 6.03 Å². The van der Waals surface area contributed by atoms with E-state index in [0.717, 1.165) is 56.9 Å². The molecule has 0 unspecified atom stereocenters. The summed E-state index contributed by atoms with van der Waals surface area (Å²) in [7, 11) is 1.64. The van der Waals surface area contributed by atoms with Crippen LogP contribution in [0.5, 0.6) is 5.75 Å². The summed E-state index contributed by atoms with van der Waals surface area (Å²) >= 11 is 0. The van der Waals surface area contributed by atoms with Gasteiger partial charge in [-0.2, -0.15) is 0 Å². The van der Waals surface area contributed by atoms with Gasteiger partial charge in [0.1, 0.15) is 5.75 Å². The monoisotopic (exact) mass is 410 g/mol. The average Bonchev–Trinajstić information content (AvgIpc) is 2.78. The number of para-hydroxylation sites is 1. The second kappa shape index (κ2) is 11.5. The van der Waals surface area contributed by atoms with E-state index in [4.69, 9.17) is 4.74 Å². The third-order valence-corrected chi connectivity index (χ3v) is 5.56. The van der Waals surface area contributed by atoms with E-state index in [1.54, 1.807) is 7.11 Å². The van der Waals surface area contributed by atoms with Gasteiger partial charge in [-0.25, -0.2) is 4.79 Å². The molecule has 1 aliphatic heterocycles. The fourth-order valence-corrected chi connectivity index (χ4v) is 3.80. The van der Waals surface area contributed by atoms with Gasteiger partial charge in [-0.1, -0.05) is 30.3 Å². The minimum atomic E-state index is -0.132. The molecule has 0 aliphatic carbocycles. The van der Waals surface area contributed by atoms with Crippen molar-refractivity contribution in [2.45, 2.75) is 26.3 Å². The second-order valence-corrected chi connectivity index (χ2v) is 7.80. The summed E-state index contributed by atoms with van der Waals surface area (Å²) in [6.07, 6.45) is 2.08. The SMILES string of the molecule is COc1ccccc1CNC(=O)NCCCCN1CCN(c2cccc(C)c2)CC1. The summed E-state index contributed by atoms with van der Waals surface area (Å²) < 4.78 is 5.31. The first kappa shape index (κ1) is 22.0. The first-order valence-electron chi connectivity index (χ1n) is 10.8. The van der Waals surface area contributed by atoms with Crippen molar-refractivity contribution in [2.75, 3.05) is 51.3 Å². The Kier molecular flexibility index (Phi) is 8.39. The summed E-state index contributed by atoms with van der Waals surface area (Å²) in [6, 6.07) is 16.3. The Morgan fingerprint density at radius 3 is 2.57 bits per heavy atom. The smallest absolute Gasteiger partial charge is 0.315 e. The zero-order chi connectivity index (χ0) is 21.2. The van der Waals surface area contributed by atoms with E-state index in [-0.39, 0.29) is 6.03 Å². The minimum Gasteiger partial charge on any atom is -0.496 e. The van der Waals surface area contributed by atoms with E-state index in [2.05, 4.69) is 51.6 Å². The van der Waals surface area contributed by atoms with Crippen LogP contribution in [0.25, 0.3) is 0 Å². The number of urea groups is 1. The van der Waals surface area contributed by atoms with E-state index in [9.17, 15) is 4.79 Å². The number of nitrogens with zero attached hydrogens (tertiary/aromatic N) is 2. The lowest BCUT2D eigenvalue weighted by molar-refractivity contribution is 0.238. The molecular formula is C24H34N4O2. The number of carbonyl (C=O) groups excluding carboxylic acids is 1. The van der Waals surface area contributed by atoms with Crippen LogP contribution in [0.2, 0.25) is 0 Å². The number of benzene rings is 2. The van der Waals surface area contributed by atoms with Crippen molar-refractivity contribution in [3.63, 3.8) is 0 Å². The van der Waals surface area contributed by atoms with E-state index >= 15 is 0 Å². The second-order valence-electron chi connectivity index (χ2n) is 7.80. The fourth-order valence-electron chi connectivity index (χ4n) is 3.80. The number of piperazine rings is 1. The summed E-state index contributed by atoms with van der Waals surface area (Å²) in [5, 5.41) is 5.84. The number of nitrogens with one attached hydrogen (secondary N) is 2. The maximum atomic E-state index is 12.0. The van der Waals surface area contributed by atoms with Crippen molar-refractivity contribution in [1.29, 1.82) is 0 Å². The highest BCUT2D eigenvalue weighted by Gasteiger charge is 2.16. The molecule has 6 heteroatoms. The van der Waals surface area contributed by atoms with Crippen LogP contribution in [-0.2, 0) is 6.54 Å². The highest BCUT2D eigenvalue weighted by Crippen LogP contribution is 2.18. The first-order valence-corrected chi connectivity index (χ1v) is 10.8. The van der Waals surface area contributed by atoms with Gasteiger partial charge in [0.25, 0.3) is 0 Å².